The molecule has 2 aromatic rings. The summed E-state index contributed by atoms with van der Waals surface area (Å²) in [5, 5.41) is 2.50. The second-order valence-electron chi connectivity index (χ2n) is 8.64. The molecule has 0 aliphatic rings. The average Bonchev–Trinajstić information content (AvgIpc) is 2.84. The molecular formula is C29H44N2O4. The normalized spacial score (nSPS) is 10.1. The van der Waals surface area contributed by atoms with Gasteiger partial charge in [-0.2, -0.15) is 0 Å². The van der Waals surface area contributed by atoms with Crippen molar-refractivity contribution in [2.75, 3.05) is 24.3 Å². The lowest BCUT2D eigenvalue weighted by Gasteiger charge is -2.08. The number of amides is 1. The smallest absolute Gasteiger partial charge is 0.397 e. The third-order valence-electron chi connectivity index (χ3n) is 5.38. The number of rotatable bonds is 14. The first-order chi connectivity index (χ1) is 17.0. The fourth-order valence-electron chi connectivity index (χ4n) is 3.46. The van der Waals surface area contributed by atoms with E-state index in [1.165, 1.54) is 63.4 Å². The van der Waals surface area contributed by atoms with Crippen LogP contribution in [0.2, 0.25) is 0 Å². The van der Waals surface area contributed by atoms with Gasteiger partial charge in [-0.15, -0.1) is 0 Å². The molecule has 0 saturated carbocycles. The minimum atomic E-state index is -0.876. The quantitative estimate of drug-likeness (QED) is 0.130. The molecule has 0 aromatic heterocycles. The Morgan fingerprint density at radius 3 is 1.94 bits per heavy atom. The maximum absolute atomic E-state index is 11.6. The molecule has 0 spiro atoms. The van der Waals surface area contributed by atoms with Gasteiger partial charge in [-0.1, -0.05) is 76.8 Å². The number of benzene rings is 2. The highest BCUT2D eigenvalue weighted by molar-refractivity contribution is 6.37. The van der Waals surface area contributed by atoms with Gasteiger partial charge in [-0.3, -0.25) is 4.79 Å². The van der Waals surface area contributed by atoms with Gasteiger partial charge < -0.3 is 20.5 Å². The van der Waals surface area contributed by atoms with E-state index in [9.17, 15) is 9.59 Å². The summed E-state index contributed by atoms with van der Waals surface area (Å²) in [5.41, 5.74) is 8.05. The van der Waals surface area contributed by atoms with Crippen molar-refractivity contribution in [2.24, 2.45) is 0 Å². The topological polar surface area (TPSA) is 90.6 Å². The van der Waals surface area contributed by atoms with Crippen LogP contribution < -0.4 is 15.8 Å². The molecule has 0 fully saturated rings. The van der Waals surface area contributed by atoms with E-state index in [0.717, 1.165) is 17.9 Å². The average molecular weight is 485 g/mol. The van der Waals surface area contributed by atoms with Gasteiger partial charge in [0.05, 0.1) is 13.2 Å². The Hall–Kier alpha value is -3.02. The fraction of sp³-hybridized carbons (Fsp3) is 0.517. The number of carbonyl (C=O) groups excluding carboxylic acids is 2. The van der Waals surface area contributed by atoms with E-state index in [0.29, 0.717) is 12.3 Å². The molecule has 0 radical (unpaired) electrons. The minimum Gasteiger partial charge on any atom is -0.494 e. The number of ether oxygens (including phenoxy) is 2. The molecule has 0 unspecified atom stereocenters. The summed E-state index contributed by atoms with van der Waals surface area (Å²) in [7, 11) is 0. The number of esters is 1. The number of unbranched alkanes of at least 4 members (excludes halogenated alkanes) is 9. The Labute approximate surface area is 211 Å². The Morgan fingerprint density at radius 2 is 1.43 bits per heavy atom. The summed E-state index contributed by atoms with van der Waals surface area (Å²) >= 11 is 0. The highest BCUT2D eigenvalue weighted by Gasteiger charge is 2.14. The van der Waals surface area contributed by atoms with Crippen LogP contribution in [0.15, 0.2) is 48.5 Å². The second-order valence-corrected chi connectivity index (χ2v) is 8.64. The van der Waals surface area contributed by atoms with Crippen molar-refractivity contribution >= 4 is 23.3 Å². The number of carbonyl (C=O) groups is 2. The number of hydrogen-bond donors (Lipinski definition) is 2. The van der Waals surface area contributed by atoms with Crippen LogP contribution in [0.25, 0.3) is 0 Å². The fourth-order valence-corrected chi connectivity index (χ4v) is 3.46. The number of nitrogen functional groups attached to an aromatic ring is 1. The van der Waals surface area contributed by atoms with Crippen LogP contribution in [0.4, 0.5) is 11.4 Å². The number of hydrogen-bond acceptors (Lipinski definition) is 5. The molecule has 2 rings (SSSR count). The van der Waals surface area contributed by atoms with Crippen LogP contribution in [0.3, 0.4) is 0 Å². The molecule has 2 aromatic carbocycles. The summed E-state index contributed by atoms with van der Waals surface area (Å²) in [6.07, 6.45) is 13.0. The van der Waals surface area contributed by atoms with Crippen LogP contribution in [-0.2, 0) is 14.3 Å². The molecule has 0 heterocycles. The lowest BCUT2D eigenvalue weighted by molar-refractivity contribution is -0.152. The molecule has 0 bridgehead atoms. The third kappa shape index (κ3) is 15.5. The highest BCUT2D eigenvalue weighted by Crippen LogP contribution is 2.17. The van der Waals surface area contributed by atoms with Crippen LogP contribution >= 0.6 is 0 Å². The third-order valence-corrected chi connectivity index (χ3v) is 5.38. The first-order valence-electron chi connectivity index (χ1n) is 13.0. The molecule has 0 saturated heterocycles. The van der Waals surface area contributed by atoms with Crippen LogP contribution in [0.5, 0.6) is 5.75 Å². The zero-order valence-corrected chi connectivity index (χ0v) is 21.8. The van der Waals surface area contributed by atoms with Crippen molar-refractivity contribution in [3.05, 3.63) is 54.1 Å². The molecule has 6 heteroatoms. The molecule has 0 atom stereocenters. The molecule has 0 aliphatic heterocycles. The molecule has 194 valence electrons. The summed E-state index contributed by atoms with van der Waals surface area (Å²) < 4.78 is 10.4. The first-order valence-corrected chi connectivity index (χ1v) is 13.0. The van der Waals surface area contributed by atoms with E-state index in [2.05, 4.69) is 17.0 Å². The van der Waals surface area contributed by atoms with Crippen LogP contribution in [-0.4, -0.2) is 25.1 Å². The highest BCUT2D eigenvalue weighted by atomic mass is 16.5. The van der Waals surface area contributed by atoms with E-state index in [1.807, 2.05) is 31.2 Å². The van der Waals surface area contributed by atoms with E-state index in [4.69, 9.17) is 10.5 Å². The molecule has 0 aliphatic carbocycles. The zero-order chi connectivity index (χ0) is 25.7. The van der Waals surface area contributed by atoms with E-state index < -0.39 is 11.9 Å². The van der Waals surface area contributed by atoms with Gasteiger partial charge in [0.25, 0.3) is 0 Å². The van der Waals surface area contributed by atoms with Gasteiger partial charge in [-0.25, -0.2) is 4.79 Å². The van der Waals surface area contributed by atoms with Gasteiger partial charge in [0.15, 0.2) is 0 Å². The monoisotopic (exact) mass is 484 g/mol. The molecule has 6 nitrogen and oxygen atoms in total. The van der Waals surface area contributed by atoms with E-state index in [-0.39, 0.29) is 6.61 Å². The SMILES string of the molecule is CCCCCCCCCCCCOc1ccc(NC(=O)C(=O)OCC)cc1.Cc1cccc(N)c1. The second kappa shape index (κ2) is 19.3. The van der Waals surface area contributed by atoms with Crippen molar-refractivity contribution in [3.8, 4) is 5.75 Å². The van der Waals surface area contributed by atoms with Crippen molar-refractivity contribution in [1.29, 1.82) is 0 Å². The predicted octanol–water partition coefficient (Wildman–Crippen LogP) is 7.07. The molecule has 3 N–H and O–H groups in total. The Morgan fingerprint density at radius 1 is 0.829 bits per heavy atom. The number of nitrogens with two attached hydrogens (primary N) is 1. The molecule has 1 amide bonds. The van der Waals surface area contributed by atoms with E-state index in [1.54, 1.807) is 31.2 Å². The lowest BCUT2D eigenvalue weighted by Crippen LogP contribution is -2.24. The largest absolute Gasteiger partial charge is 0.494 e. The molecule has 35 heavy (non-hydrogen) atoms. The van der Waals surface area contributed by atoms with Gasteiger partial charge in [0.2, 0.25) is 0 Å². The Kier molecular flexibility index (Phi) is 16.6. The van der Waals surface area contributed by atoms with Crippen LogP contribution in [0, 0.1) is 6.92 Å². The van der Waals surface area contributed by atoms with Crippen LogP contribution in [0.1, 0.15) is 83.6 Å². The van der Waals surface area contributed by atoms with E-state index >= 15 is 0 Å². The maximum atomic E-state index is 11.6. The van der Waals surface area contributed by atoms with Crippen molar-refractivity contribution in [2.45, 2.75) is 85.0 Å². The molecular weight excluding hydrogens is 440 g/mol. The van der Waals surface area contributed by atoms with Gasteiger partial charge >= 0.3 is 11.9 Å². The first kappa shape index (κ1) is 30.0. The van der Waals surface area contributed by atoms with Crippen molar-refractivity contribution in [3.63, 3.8) is 0 Å². The summed E-state index contributed by atoms with van der Waals surface area (Å²) in [5.74, 6) is -0.880. The lowest BCUT2D eigenvalue weighted by atomic mass is 10.1. The Bertz CT molecular complexity index is 820. The number of nitrogens with one attached hydrogen (secondary N) is 1. The summed E-state index contributed by atoms with van der Waals surface area (Å²) in [4.78, 5) is 22.8. The summed E-state index contributed by atoms with van der Waals surface area (Å²) in [6.45, 7) is 6.81. The van der Waals surface area contributed by atoms with Gasteiger partial charge in [0.1, 0.15) is 5.75 Å². The predicted molar refractivity (Wildman–Crippen MR) is 145 cm³/mol. The minimum absolute atomic E-state index is 0.179. The standard InChI is InChI=1S/C22H35NO4.C7H9N/c1-3-5-6-7-8-9-10-11-12-13-18-27-20-16-14-19(15-17-20)23-21(24)22(25)26-4-2;1-6-3-2-4-7(8)5-6/h14-17H,3-13,18H2,1-2H3,(H,23,24);2-5H,8H2,1H3. The number of anilines is 2. The van der Waals surface area contributed by atoms with Crippen molar-refractivity contribution < 1.29 is 19.1 Å². The summed E-state index contributed by atoms with van der Waals surface area (Å²) in [6, 6.07) is 14.8. The zero-order valence-electron chi connectivity index (χ0n) is 21.8. The maximum Gasteiger partial charge on any atom is 0.397 e. The number of aryl methyl sites for hydroxylation is 1. The van der Waals surface area contributed by atoms with Gasteiger partial charge in [0, 0.05) is 11.4 Å². The Balaban J connectivity index is 0.000000642. The van der Waals surface area contributed by atoms with Gasteiger partial charge in [-0.05, 0) is 62.2 Å². The van der Waals surface area contributed by atoms with Crippen molar-refractivity contribution in [1.82, 2.24) is 0 Å².